The summed E-state index contributed by atoms with van der Waals surface area (Å²) < 4.78 is 13.1. The van der Waals surface area contributed by atoms with Crippen LogP contribution in [0.3, 0.4) is 0 Å². The molecule has 0 unspecified atom stereocenters. The first kappa shape index (κ1) is 14.0. The van der Waals surface area contributed by atoms with Crippen LogP contribution >= 0.6 is 0 Å². The van der Waals surface area contributed by atoms with Gasteiger partial charge >= 0.3 is 12.0 Å². The molecule has 0 heterocycles. The van der Waals surface area contributed by atoms with Crippen molar-refractivity contribution in [2.45, 2.75) is 19.9 Å². The first-order valence-electron chi connectivity index (χ1n) is 5.52. The number of benzene rings is 1. The van der Waals surface area contributed by atoms with Gasteiger partial charge in [-0.3, -0.25) is 9.69 Å². The highest BCUT2D eigenvalue weighted by Crippen LogP contribution is 2.15. The van der Waals surface area contributed by atoms with Crippen LogP contribution in [0.25, 0.3) is 0 Å². The molecule has 1 aromatic carbocycles. The van der Waals surface area contributed by atoms with Gasteiger partial charge in [0, 0.05) is 12.2 Å². The predicted octanol–water partition coefficient (Wildman–Crippen LogP) is 1.83. The Balaban J connectivity index is 2.83. The fraction of sp³-hybridized carbons (Fsp3) is 0.333. The summed E-state index contributed by atoms with van der Waals surface area (Å²) in [5.74, 6) is -1.58. The Bertz CT molecular complexity index is 451. The van der Waals surface area contributed by atoms with E-state index < -0.39 is 23.9 Å². The molecule has 0 saturated heterocycles. The standard InChI is InChI=1S/C12H15FN2O3/c1-3-15(10-6-4-5-9(13)7-10)12(18)14-8(2)11(16)17/h4-8H,3H2,1-2H3,(H,14,18)(H,16,17)/t8-/m1/s1. The molecule has 2 N–H and O–H groups in total. The van der Waals surface area contributed by atoms with E-state index in [4.69, 9.17) is 5.11 Å². The van der Waals surface area contributed by atoms with Crippen molar-refractivity contribution < 1.29 is 19.1 Å². The zero-order chi connectivity index (χ0) is 13.7. The van der Waals surface area contributed by atoms with Crippen molar-refractivity contribution in [1.29, 1.82) is 0 Å². The molecule has 0 aliphatic rings. The van der Waals surface area contributed by atoms with Crippen molar-refractivity contribution in [3.63, 3.8) is 0 Å². The molecular formula is C12H15FN2O3. The van der Waals surface area contributed by atoms with Gasteiger partial charge in [0.05, 0.1) is 0 Å². The van der Waals surface area contributed by atoms with Crippen LogP contribution in [0.4, 0.5) is 14.9 Å². The molecule has 5 nitrogen and oxygen atoms in total. The van der Waals surface area contributed by atoms with E-state index in [1.54, 1.807) is 13.0 Å². The number of hydrogen-bond donors (Lipinski definition) is 2. The van der Waals surface area contributed by atoms with Crippen molar-refractivity contribution >= 4 is 17.7 Å². The molecule has 0 saturated carbocycles. The smallest absolute Gasteiger partial charge is 0.325 e. The molecule has 1 aromatic rings. The molecule has 0 aromatic heterocycles. The Morgan fingerprint density at radius 1 is 1.50 bits per heavy atom. The summed E-state index contributed by atoms with van der Waals surface area (Å²) in [7, 11) is 0. The van der Waals surface area contributed by atoms with Crippen LogP contribution in [0.2, 0.25) is 0 Å². The van der Waals surface area contributed by atoms with Gasteiger partial charge in [-0.2, -0.15) is 0 Å². The van der Waals surface area contributed by atoms with Gasteiger partial charge < -0.3 is 10.4 Å². The fourth-order valence-electron chi connectivity index (χ4n) is 1.41. The van der Waals surface area contributed by atoms with E-state index in [0.29, 0.717) is 12.2 Å². The number of carbonyl (C=O) groups is 2. The van der Waals surface area contributed by atoms with E-state index in [-0.39, 0.29) is 0 Å². The van der Waals surface area contributed by atoms with Gasteiger partial charge in [-0.1, -0.05) is 6.07 Å². The summed E-state index contributed by atoms with van der Waals surface area (Å²) in [5.41, 5.74) is 0.382. The normalized spacial score (nSPS) is 11.7. The van der Waals surface area contributed by atoms with Crippen LogP contribution in [-0.2, 0) is 4.79 Å². The van der Waals surface area contributed by atoms with Gasteiger partial charge in [-0.05, 0) is 32.0 Å². The minimum atomic E-state index is -1.13. The molecule has 1 rings (SSSR count). The third kappa shape index (κ3) is 3.44. The Kier molecular flexibility index (Phi) is 4.65. The Labute approximate surface area is 104 Å². The van der Waals surface area contributed by atoms with Crippen molar-refractivity contribution in [2.75, 3.05) is 11.4 Å². The van der Waals surface area contributed by atoms with Crippen molar-refractivity contribution in [3.8, 4) is 0 Å². The van der Waals surface area contributed by atoms with Crippen LogP contribution in [0, 0.1) is 5.82 Å². The largest absolute Gasteiger partial charge is 0.480 e. The van der Waals surface area contributed by atoms with Crippen LogP contribution in [0.1, 0.15) is 13.8 Å². The topological polar surface area (TPSA) is 69.6 Å². The van der Waals surface area contributed by atoms with Crippen molar-refractivity contribution in [3.05, 3.63) is 30.1 Å². The number of halogens is 1. The second kappa shape index (κ2) is 6.00. The number of nitrogens with zero attached hydrogens (tertiary/aromatic N) is 1. The van der Waals surface area contributed by atoms with E-state index in [9.17, 15) is 14.0 Å². The number of carbonyl (C=O) groups excluding carboxylic acids is 1. The number of carboxylic acids is 1. The maximum Gasteiger partial charge on any atom is 0.325 e. The highest BCUT2D eigenvalue weighted by Gasteiger charge is 2.19. The average Bonchev–Trinajstić information content (AvgIpc) is 2.29. The minimum absolute atomic E-state index is 0.307. The number of nitrogens with one attached hydrogen (secondary N) is 1. The van der Waals surface area contributed by atoms with Crippen molar-refractivity contribution in [2.24, 2.45) is 0 Å². The Morgan fingerprint density at radius 3 is 2.67 bits per heavy atom. The quantitative estimate of drug-likeness (QED) is 0.861. The zero-order valence-electron chi connectivity index (χ0n) is 10.2. The number of aliphatic carboxylic acids is 1. The number of anilines is 1. The number of hydrogen-bond acceptors (Lipinski definition) is 2. The van der Waals surface area contributed by atoms with E-state index in [0.717, 1.165) is 0 Å². The Hall–Kier alpha value is -2.11. The molecule has 6 heteroatoms. The predicted molar refractivity (Wildman–Crippen MR) is 65.0 cm³/mol. The lowest BCUT2D eigenvalue weighted by Crippen LogP contribution is -2.46. The highest BCUT2D eigenvalue weighted by molar-refractivity contribution is 5.94. The lowest BCUT2D eigenvalue weighted by molar-refractivity contribution is -0.138. The van der Waals surface area contributed by atoms with Crippen LogP contribution in [0.15, 0.2) is 24.3 Å². The third-order valence-corrected chi connectivity index (χ3v) is 2.39. The molecule has 0 aliphatic carbocycles. The average molecular weight is 254 g/mol. The van der Waals surface area contributed by atoms with E-state index in [1.807, 2.05) is 0 Å². The second-order valence-corrected chi connectivity index (χ2v) is 3.73. The number of urea groups is 1. The van der Waals surface area contributed by atoms with Gasteiger partial charge in [0.2, 0.25) is 0 Å². The summed E-state index contributed by atoms with van der Waals surface area (Å²) in [6, 6.07) is 3.99. The Morgan fingerprint density at radius 2 is 2.17 bits per heavy atom. The molecule has 1 atom stereocenters. The maximum absolute atomic E-state index is 13.1. The summed E-state index contributed by atoms with van der Waals surface area (Å²) in [6.07, 6.45) is 0. The molecular weight excluding hydrogens is 239 g/mol. The van der Waals surface area contributed by atoms with E-state index in [1.165, 1.54) is 30.0 Å². The van der Waals surface area contributed by atoms with Gasteiger partial charge in [0.25, 0.3) is 0 Å². The molecule has 0 spiro atoms. The summed E-state index contributed by atoms with van der Waals surface area (Å²) in [4.78, 5) is 23.7. The minimum Gasteiger partial charge on any atom is -0.480 e. The second-order valence-electron chi connectivity index (χ2n) is 3.73. The SMILES string of the molecule is CCN(C(=O)N[C@H](C)C(=O)O)c1cccc(F)c1. The van der Waals surface area contributed by atoms with Gasteiger partial charge in [-0.25, -0.2) is 9.18 Å². The fourth-order valence-corrected chi connectivity index (χ4v) is 1.41. The number of carboxylic acid groups (broad SMARTS) is 1. The van der Waals surface area contributed by atoms with Crippen LogP contribution in [-0.4, -0.2) is 29.7 Å². The van der Waals surface area contributed by atoms with Gasteiger partial charge in [0.15, 0.2) is 0 Å². The zero-order valence-corrected chi connectivity index (χ0v) is 10.2. The summed E-state index contributed by atoms with van der Waals surface area (Å²) in [5, 5.41) is 11.0. The molecule has 18 heavy (non-hydrogen) atoms. The summed E-state index contributed by atoms with van der Waals surface area (Å²) in [6.45, 7) is 3.39. The van der Waals surface area contributed by atoms with Gasteiger partial charge in [0.1, 0.15) is 11.9 Å². The molecule has 0 radical (unpaired) electrons. The molecule has 2 amide bonds. The molecule has 0 aliphatic heterocycles. The maximum atomic E-state index is 13.1. The first-order chi connectivity index (χ1) is 8.45. The van der Waals surface area contributed by atoms with Crippen LogP contribution < -0.4 is 10.2 Å². The van der Waals surface area contributed by atoms with E-state index in [2.05, 4.69) is 5.32 Å². The monoisotopic (exact) mass is 254 g/mol. The van der Waals surface area contributed by atoms with Gasteiger partial charge in [-0.15, -0.1) is 0 Å². The first-order valence-corrected chi connectivity index (χ1v) is 5.52. The molecule has 0 fully saturated rings. The van der Waals surface area contributed by atoms with E-state index >= 15 is 0 Å². The summed E-state index contributed by atoms with van der Waals surface area (Å²) >= 11 is 0. The number of rotatable bonds is 4. The lowest BCUT2D eigenvalue weighted by atomic mass is 10.3. The van der Waals surface area contributed by atoms with Crippen molar-refractivity contribution in [1.82, 2.24) is 5.32 Å². The molecule has 0 bridgehead atoms. The third-order valence-electron chi connectivity index (χ3n) is 2.39. The lowest BCUT2D eigenvalue weighted by Gasteiger charge is -2.22. The number of amides is 2. The molecule has 98 valence electrons. The van der Waals surface area contributed by atoms with Crippen LogP contribution in [0.5, 0.6) is 0 Å². The highest BCUT2D eigenvalue weighted by atomic mass is 19.1.